The van der Waals surface area contributed by atoms with Crippen LogP contribution >= 0.6 is 0 Å². The van der Waals surface area contributed by atoms with Gasteiger partial charge in [0.1, 0.15) is 6.04 Å². The van der Waals surface area contributed by atoms with Crippen molar-refractivity contribution in [2.45, 2.75) is 19.9 Å². The highest BCUT2D eigenvalue weighted by atomic mass is 16.5. The summed E-state index contributed by atoms with van der Waals surface area (Å²) in [5.74, 6) is -0.439. The number of rotatable bonds is 4. The summed E-state index contributed by atoms with van der Waals surface area (Å²) in [7, 11) is 0. The van der Waals surface area contributed by atoms with Crippen LogP contribution in [0.1, 0.15) is 13.8 Å². The fraction of sp³-hybridized carbons (Fsp3) is 0.667. The van der Waals surface area contributed by atoms with Crippen molar-refractivity contribution in [1.29, 1.82) is 0 Å². The second kappa shape index (κ2) is 4.78. The third-order valence-electron chi connectivity index (χ3n) is 0.916. The van der Waals surface area contributed by atoms with E-state index in [2.05, 4.69) is 10.1 Å². The van der Waals surface area contributed by atoms with Crippen LogP contribution in [0.5, 0.6) is 0 Å². The van der Waals surface area contributed by atoms with Crippen molar-refractivity contribution in [2.24, 2.45) is 0 Å². The van der Waals surface area contributed by atoms with Gasteiger partial charge in [0.25, 0.3) is 0 Å². The largest absolute Gasteiger partial charge is 0.464 e. The van der Waals surface area contributed by atoms with Crippen molar-refractivity contribution >= 4 is 12.4 Å². The molecular weight excluding hydrogens is 134 g/mol. The molecule has 0 spiro atoms. The number of hydrogen-bond acceptors (Lipinski definition) is 3. The van der Waals surface area contributed by atoms with Crippen LogP contribution < -0.4 is 5.32 Å². The molecule has 0 aromatic carbocycles. The molecule has 1 atom stereocenters. The Morgan fingerprint density at radius 3 is 2.80 bits per heavy atom. The summed E-state index contributed by atoms with van der Waals surface area (Å²) in [6.07, 6.45) is 1.41. The molecule has 0 fully saturated rings. The van der Waals surface area contributed by atoms with Crippen LogP contribution in [0.25, 0.3) is 0 Å². The van der Waals surface area contributed by atoms with Gasteiger partial charge in [-0.05, 0) is 13.8 Å². The molecule has 1 amide bonds. The molecule has 1 radical (unpaired) electrons. The molecule has 10 heavy (non-hydrogen) atoms. The third-order valence-corrected chi connectivity index (χ3v) is 0.916. The maximum Gasteiger partial charge on any atom is 0.328 e. The maximum absolute atomic E-state index is 10.7. The highest BCUT2D eigenvalue weighted by Gasteiger charge is 2.11. The Labute approximate surface area is 59.6 Å². The van der Waals surface area contributed by atoms with Crippen LogP contribution in [0, 0.1) is 0 Å². The first-order chi connectivity index (χ1) is 4.72. The molecule has 1 N–H and O–H groups in total. The molecule has 0 aliphatic rings. The number of carbonyl (C=O) groups excluding carboxylic acids is 2. The molecule has 0 aliphatic carbocycles. The summed E-state index contributed by atoms with van der Waals surface area (Å²) in [4.78, 5) is 20.3. The van der Waals surface area contributed by atoms with Crippen molar-refractivity contribution in [1.82, 2.24) is 5.32 Å². The Bertz CT molecular complexity index is 124. The Morgan fingerprint density at radius 2 is 2.40 bits per heavy atom. The van der Waals surface area contributed by atoms with E-state index in [0.717, 1.165) is 0 Å². The van der Waals surface area contributed by atoms with Crippen LogP contribution in [0.4, 0.5) is 0 Å². The normalized spacial score (nSPS) is 11.8. The molecule has 1 unspecified atom stereocenters. The Kier molecular flexibility index (Phi) is 4.28. The lowest BCUT2D eigenvalue weighted by molar-refractivity contribution is -0.144. The second-order valence-electron chi connectivity index (χ2n) is 1.72. The Hall–Kier alpha value is -1.06. The standard InChI is InChI=1S/C6H10NO3/c1-3-10-6(9)5(2)7-4-8/h5H,3H2,1-2H3,(H,7,8). The number of carbonyl (C=O) groups is 1. The summed E-state index contributed by atoms with van der Waals surface area (Å²) >= 11 is 0. The summed E-state index contributed by atoms with van der Waals surface area (Å²) < 4.78 is 4.58. The molecule has 4 heteroatoms. The number of amides is 1. The highest BCUT2D eigenvalue weighted by Crippen LogP contribution is 1.84. The minimum atomic E-state index is -0.600. The van der Waals surface area contributed by atoms with Crippen LogP contribution in [-0.4, -0.2) is 25.0 Å². The topological polar surface area (TPSA) is 55.4 Å². The lowest BCUT2D eigenvalue weighted by atomic mass is 10.3. The Morgan fingerprint density at radius 1 is 1.80 bits per heavy atom. The van der Waals surface area contributed by atoms with Crippen molar-refractivity contribution < 1.29 is 14.3 Å². The first kappa shape index (κ1) is 8.94. The SMILES string of the molecule is CCOC(=O)C(C)N[C]=O. The second-order valence-corrected chi connectivity index (χ2v) is 1.72. The monoisotopic (exact) mass is 144 g/mol. The maximum atomic E-state index is 10.7. The fourth-order valence-electron chi connectivity index (χ4n) is 0.415. The van der Waals surface area contributed by atoms with E-state index in [9.17, 15) is 9.59 Å². The number of hydrogen-bond donors (Lipinski definition) is 1. The molecule has 0 saturated carbocycles. The van der Waals surface area contributed by atoms with Gasteiger partial charge in [0, 0.05) is 0 Å². The lowest BCUT2D eigenvalue weighted by Crippen LogP contribution is -2.34. The van der Waals surface area contributed by atoms with Gasteiger partial charge in [0.05, 0.1) is 6.61 Å². The van der Waals surface area contributed by atoms with E-state index < -0.39 is 12.0 Å². The first-order valence-electron chi connectivity index (χ1n) is 3.01. The smallest absolute Gasteiger partial charge is 0.328 e. The van der Waals surface area contributed by atoms with Gasteiger partial charge in [0.2, 0.25) is 0 Å². The van der Waals surface area contributed by atoms with Gasteiger partial charge in [-0.25, -0.2) is 4.79 Å². The molecule has 0 aromatic rings. The molecule has 0 bridgehead atoms. The zero-order valence-corrected chi connectivity index (χ0v) is 6.01. The summed E-state index contributed by atoms with van der Waals surface area (Å²) in [5.41, 5.74) is 0. The van der Waals surface area contributed by atoms with E-state index in [-0.39, 0.29) is 0 Å². The lowest BCUT2D eigenvalue weighted by Gasteiger charge is -2.06. The summed E-state index contributed by atoms with van der Waals surface area (Å²) in [5, 5.41) is 2.15. The molecular formula is C6H10NO3. The summed E-state index contributed by atoms with van der Waals surface area (Å²) in [6, 6.07) is -0.600. The fourth-order valence-corrected chi connectivity index (χ4v) is 0.415. The van der Waals surface area contributed by atoms with E-state index in [1.54, 1.807) is 6.92 Å². The van der Waals surface area contributed by atoms with E-state index in [1.165, 1.54) is 13.3 Å². The minimum Gasteiger partial charge on any atom is -0.464 e. The van der Waals surface area contributed by atoms with Gasteiger partial charge in [-0.3, -0.25) is 4.79 Å². The zero-order chi connectivity index (χ0) is 7.98. The molecule has 0 heterocycles. The number of nitrogens with one attached hydrogen (secondary N) is 1. The molecule has 4 nitrogen and oxygen atoms in total. The molecule has 0 saturated heterocycles. The molecule has 57 valence electrons. The van der Waals surface area contributed by atoms with Crippen LogP contribution in [0.2, 0.25) is 0 Å². The van der Waals surface area contributed by atoms with Crippen molar-refractivity contribution in [3.8, 4) is 0 Å². The summed E-state index contributed by atoms with van der Waals surface area (Å²) in [6.45, 7) is 3.56. The third kappa shape index (κ3) is 3.06. The number of esters is 1. The van der Waals surface area contributed by atoms with Crippen molar-refractivity contribution in [2.75, 3.05) is 6.61 Å². The van der Waals surface area contributed by atoms with E-state index in [0.29, 0.717) is 6.61 Å². The average molecular weight is 144 g/mol. The van der Waals surface area contributed by atoms with Gasteiger partial charge in [-0.15, -0.1) is 0 Å². The predicted octanol–water partition coefficient (Wildman–Crippen LogP) is -0.405. The van der Waals surface area contributed by atoms with Crippen molar-refractivity contribution in [3.05, 3.63) is 0 Å². The first-order valence-corrected chi connectivity index (χ1v) is 3.01. The van der Waals surface area contributed by atoms with Gasteiger partial charge in [0.15, 0.2) is 0 Å². The average Bonchev–Trinajstić information content (AvgIpc) is 1.89. The Balaban J connectivity index is 3.58. The van der Waals surface area contributed by atoms with Gasteiger partial charge in [-0.1, -0.05) is 0 Å². The highest BCUT2D eigenvalue weighted by molar-refractivity contribution is 5.77. The molecule has 0 aliphatic heterocycles. The molecule has 0 rings (SSSR count). The van der Waals surface area contributed by atoms with E-state index in [1.807, 2.05) is 0 Å². The van der Waals surface area contributed by atoms with Gasteiger partial charge >= 0.3 is 12.4 Å². The van der Waals surface area contributed by atoms with Crippen LogP contribution in [0.15, 0.2) is 0 Å². The zero-order valence-electron chi connectivity index (χ0n) is 6.01. The van der Waals surface area contributed by atoms with E-state index in [4.69, 9.17) is 0 Å². The van der Waals surface area contributed by atoms with Crippen LogP contribution in [-0.2, 0) is 14.3 Å². The number of ether oxygens (including phenoxy) is 1. The molecule has 0 aromatic heterocycles. The van der Waals surface area contributed by atoms with E-state index >= 15 is 0 Å². The predicted molar refractivity (Wildman–Crippen MR) is 34.9 cm³/mol. The minimum absolute atomic E-state index is 0.323. The van der Waals surface area contributed by atoms with Crippen molar-refractivity contribution in [3.63, 3.8) is 0 Å². The van der Waals surface area contributed by atoms with Gasteiger partial charge < -0.3 is 10.1 Å². The van der Waals surface area contributed by atoms with Gasteiger partial charge in [-0.2, -0.15) is 0 Å². The van der Waals surface area contributed by atoms with Crippen LogP contribution in [0.3, 0.4) is 0 Å². The quantitative estimate of drug-likeness (QED) is 0.431.